The number of carbonyl (C=O) groups is 3. The molecule has 28 heavy (non-hydrogen) atoms. The molecule has 0 spiro atoms. The molecule has 7 nitrogen and oxygen atoms in total. The Labute approximate surface area is 164 Å². The van der Waals surface area contributed by atoms with E-state index in [-0.39, 0.29) is 11.5 Å². The molecular weight excluding hydrogens is 362 g/mol. The van der Waals surface area contributed by atoms with Crippen LogP contribution in [0.4, 0.5) is 0 Å². The average molecular weight is 387 g/mol. The summed E-state index contributed by atoms with van der Waals surface area (Å²) in [6.45, 7) is 3.34. The van der Waals surface area contributed by atoms with E-state index < -0.39 is 30.5 Å². The third-order valence-corrected chi connectivity index (χ3v) is 4.15. The molecule has 2 aromatic carbocycles. The summed E-state index contributed by atoms with van der Waals surface area (Å²) in [6.07, 6.45) is 0.421. The van der Waals surface area contributed by atoms with Crippen LogP contribution in [0.1, 0.15) is 30.6 Å². The molecule has 0 bridgehead atoms. The number of benzene rings is 2. The third kappa shape index (κ3) is 5.45. The number of hydrogen-bond acceptors (Lipinski definition) is 6. The standard InChI is InChI=1S/C21H25NO6/c1-13(2)9-17(21(25)27-4)22-19(23)12-28-20(24)16-10-14-7-5-6-8-15(14)11-18(16)26-3/h5-8,10-11,13,17H,9,12H2,1-4H3,(H,22,23)/t17-/m1/s1. The van der Waals surface area contributed by atoms with Gasteiger partial charge in [-0.05, 0) is 35.2 Å². The van der Waals surface area contributed by atoms with Crippen molar-refractivity contribution in [3.63, 3.8) is 0 Å². The maximum absolute atomic E-state index is 12.5. The number of nitrogens with one attached hydrogen (secondary N) is 1. The first-order valence-electron chi connectivity index (χ1n) is 8.96. The SMILES string of the molecule is COC(=O)[C@@H](CC(C)C)NC(=O)COC(=O)c1cc2ccccc2cc1OC. The molecule has 0 aliphatic carbocycles. The lowest BCUT2D eigenvalue weighted by atomic mass is 10.0. The molecule has 0 saturated heterocycles. The van der Waals surface area contributed by atoms with Gasteiger partial charge in [-0.3, -0.25) is 4.79 Å². The van der Waals surface area contributed by atoms with E-state index in [1.54, 1.807) is 12.1 Å². The molecule has 0 unspecified atom stereocenters. The van der Waals surface area contributed by atoms with Crippen LogP contribution in [0.15, 0.2) is 36.4 Å². The number of methoxy groups -OCH3 is 2. The largest absolute Gasteiger partial charge is 0.496 e. The first-order chi connectivity index (χ1) is 13.3. The van der Waals surface area contributed by atoms with Crippen LogP contribution in [0.25, 0.3) is 10.8 Å². The Morgan fingerprint density at radius 2 is 1.68 bits per heavy atom. The molecule has 150 valence electrons. The van der Waals surface area contributed by atoms with Crippen molar-refractivity contribution in [3.8, 4) is 5.75 Å². The van der Waals surface area contributed by atoms with Crippen molar-refractivity contribution >= 4 is 28.6 Å². The van der Waals surface area contributed by atoms with Crippen molar-refractivity contribution in [1.82, 2.24) is 5.32 Å². The van der Waals surface area contributed by atoms with E-state index in [0.29, 0.717) is 12.2 Å². The maximum Gasteiger partial charge on any atom is 0.342 e. The molecule has 1 amide bonds. The summed E-state index contributed by atoms with van der Waals surface area (Å²) < 4.78 is 15.1. The number of carbonyl (C=O) groups excluding carboxylic acids is 3. The van der Waals surface area contributed by atoms with Gasteiger partial charge in [0.05, 0.1) is 14.2 Å². The summed E-state index contributed by atoms with van der Waals surface area (Å²) in [7, 11) is 2.72. The second-order valence-corrected chi connectivity index (χ2v) is 6.75. The normalized spacial score (nSPS) is 11.8. The Morgan fingerprint density at radius 3 is 2.25 bits per heavy atom. The number of amides is 1. The summed E-state index contributed by atoms with van der Waals surface area (Å²) in [5.74, 6) is -1.27. The fraction of sp³-hybridized carbons (Fsp3) is 0.381. The summed E-state index contributed by atoms with van der Waals surface area (Å²) in [5.41, 5.74) is 0.223. The van der Waals surface area contributed by atoms with Gasteiger partial charge < -0.3 is 19.5 Å². The molecule has 0 aliphatic rings. The Morgan fingerprint density at radius 1 is 1.04 bits per heavy atom. The lowest BCUT2D eigenvalue weighted by Gasteiger charge is -2.18. The van der Waals surface area contributed by atoms with Gasteiger partial charge in [-0.15, -0.1) is 0 Å². The monoisotopic (exact) mass is 387 g/mol. The molecule has 2 rings (SSSR count). The second kappa shape index (κ2) is 9.73. The van der Waals surface area contributed by atoms with Crippen molar-refractivity contribution in [3.05, 3.63) is 42.0 Å². The predicted octanol–water partition coefficient (Wildman–Crippen LogP) is 2.71. The first kappa shape index (κ1) is 21.2. The molecule has 7 heteroatoms. The second-order valence-electron chi connectivity index (χ2n) is 6.75. The van der Waals surface area contributed by atoms with E-state index in [0.717, 1.165) is 10.8 Å². The van der Waals surface area contributed by atoms with Crippen LogP contribution < -0.4 is 10.1 Å². The first-order valence-corrected chi connectivity index (χ1v) is 8.96. The van der Waals surface area contributed by atoms with Gasteiger partial charge in [-0.2, -0.15) is 0 Å². The van der Waals surface area contributed by atoms with Crippen molar-refractivity contribution < 1.29 is 28.6 Å². The highest BCUT2D eigenvalue weighted by Crippen LogP contribution is 2.26. The highest BCUT2D eigenvalue weighted by molar-refractivity contribution is 5.99. The van der Waals surface area contributed by atoms with Gasteiger partial charge in [0.15, 0.2) is 6.61 Å². The number of ether oxygens (including phenoxy) is 3. The topological polar surface area (TPSA) is 90.9 Å². The summed E-state index contributed by atoms with van der Waals surface area (Å²) >= 11 is 0. The van der Waals surface area contributed by atoms with Crippen LogP contribution in [-0.2, 0) is 19.1 Å². The summed E-state index contributed by atoms with van der Waals surface area (Å²) in [6, 6.07) is 10.1. The smallest absolute Gasteiger partial charge is 0.342 e. The summed E-state index contributed by atoms with van der Waals surface area (Å²) in [4.78, 5) is 36.4. The lowest BCUT2D eigenvalue weighted by Crippen LogP contribution is -2.44. The van der Waals surface area contributed by atoms with E-state index in [1.807, 2.05) is 38.1 Å². The van der Waals surface area contributed by atoms with Gasteiger partial charge in [0, 0.05) is 0 Å². The molecule has 0 radical (unpaired) electrons. The zero-order valence-corrected chi connectivity index (χ0v) is 16.5. The van der Waals surface area contributed by atoms with Gasteiger partial charge in [0.25, 0.3) is 5.91 Å². The molecule has 0 heterocycles. The third-order valence-electron chi connectivity index (χ3n) is 4.15. The Hall–Kier alpha value is -3.09. The van der Waals surface area contributed by atoms with Crippen LogP contribution in [0.2, 0.25) is 0 Å². The molecule has 1 atom stereocenters. The number of fused-ring (bicyclic) bond motifs is 1. The van der Waals surface area contributed by atoms with Crippen molar-refractivity contribution in [2.24, 2.45) is 5.92 Å². The zero-order valence-electron chi connectivity index (χ0n) is 16.5. The van der Waals surface area contributed by atoms with Gasteiger partial charge in [0.1, 0.15) is 17.4 Å². The summed E-state index contributed by atoms with van der Waals surface area (Å²) in [5, 5.41) is 4.31. The Balaban J connectivity index is 2.05. The van der Waals surface area contributed by atoms with Gasteiger partial charge in [-0.1, -0.05) is 38.1 Å². The predicted molar refractivity (Wildman–Crippen MR) is 104 cm³/mol. The average Bonchev–Trinajstić information content (AvgIpc) is 2.69. The Bertz CT molecular complexity index is 861. The van der Waals surface area contributed by atoms with Gasteiger partial charge in [-0.25, -0.2) is 9.59 Å². The number of esters is 2. The molecule has 0 saturated carbocycles. The van der Waals surface area contributed by atoms with E-state index in [2.05, 4.69) is 5.32 Å². The van der Waals surface area contributed by atoms with Crippen molar-refractivity contribution in [2.45, 2.75) is 26.3 Å². The van der Waals surface area contributed by atoms with Crippen LogP contribution >= 0.6 is 0 Å². The quantitative estimate of drug-likeness (QED) is 0.701. The lowest BCUT2D eigenvalue weighted by molar-refractivity contribution is -0.145. The molecule has 2 aromatic rings. The van der Waals surface area contributed by atoms with Crippen molar-refractivity contribution in [2.75, 3.05) is 20.8 Å². The Kier molecular flexibility index (Phi) is 7.37. The van der Waals surface area contributed by atoms with Crippen LogP contribution in [0.3, 0.4) is 0 Å². The minimum absolute atomic E-state index is 0.175. The molecule has 0 aliphatic heterocycles. The molecule has 0 aromatic heterocycles. The van der Waals surface area contributed by atoms with Crippen molar-refractivity contribution in [1.29, 1.82) is 0 Å². The highest BCUT2D eigenvalue weighted by atomic mass is 16.5. The van der Waals surface area contributed by atoms with Crippen LogP contribution in [0, 0.1) is 5.92 Å². The minimum atomic E-state index is -0.786. The van der Waals surface area contributed by atoms with E-state index in [1.165, 1.54) is 14.2 Å². The fourth-order valence-electron chi connectivity index (χ4n) is 2.82. The molecule has 1 N–H and O–H groups in total. The molecular formula is C21H25NO6. The van der Waals surface area contributed by atoms with Gasteiger partial charge in [0.2, 0.25) is 0 Å². The number of hydrogen-bond donors (Lipinski definition) is 1. The van der Waals surface area contributed by atoms with E-state index >= 15 is 0 Å². The number of rotatable bonds is 8. The molecule has 0 fully saturated rings. The zero-order chi connectivity index (χ0) is 20.7. The highest BCUT2D eigenvalue weighted by Gasteiger charge is 2.23. The van der Waals surface area contributed by atoms with E-state index in [9.17, 15) is 14.4 Å². The van der Waals surface area contributed by atoms with E-state index in [4.69, 9.17) is 14.2 Å². The van der Waals surface area contributed by atoms with Crippen LogP contribution in [-0.4, -0.2) is 44.7 Å². The van der Waals surface area contributed by atoms with Gasteiger partial charge >= 0.3 is 11.9 Å². The maximum atomic E-state index is 12.5. The minimum Gasteiger partial charge on any atom is -0.496 e. The van der Waals surface area contributed by atoms with Crippen LogP contribution in [0.5, 0.6) is 5.75 Å². The fourth-order valence-corrected chi connectivity index (χ4v) is 2.82.